The van der Waals surface area contributed by atoms with Gasteiger partial charge in [0.25, 0.3) is 0 Å². The Morgan fingerprint density at radius 3 is 2.57 bits per heavy atom. The smallest absolute Gasteiger partial charge is 0.762 e. The Bertz CT molecular complexity index is 1060. The molecule has 2 aromatic heterocycles. The van der Waals surface area contributed by atoms with Gasteiger partial charge in [0.2, 0.25) is 0 Å². The average Bonchev–Trinajstić information content (AvgIpc) is 2.89. The Hall–Kier alpha value is -1.90. The van der Waals surface area contributed by atoms with Gasteiger partial charge in [0.15, 0.2) is 0 Å². The first-order chi connectivity index (χ1) is 10.8. The van der Waals surface area contributed by atoms with Crippen molar-refractivity contribution in [3.8, 4) is 11.8 Å². The Labute approximate surface area is 161 Å². The van der Waals surface area contributed by atoms with Gasteiger partial charge in [-0.05, 0) is 24.3 Å². The van der Waals surface area contributed by atoms with E-state index in [1.165, 1.54) is 0 Å². The molecule has 3 nitrogen and oxygen atoms in total. The van der Waals surface area contributed by atoms with Crippen molar-refractivity contribution < 1.29 is 29.6 Å². The van der Waals surface area contributed by atoms with Gasteiger partial charge in [-0.15, -0.1) is 0 Å². The van der Waals surface area contributed by atoms with Crippen molar-refractivity contribution in [1.29, 1.82) is 5.26 Å². The van der Waals surface area contributed by atoms with Crippen LogP contribution in [0.4, 0.5) is 0 Å². The maximum atomic E-state index is 9.29. The summed E-state index contributed by atoms with van der Waals surface area (Å²) in [5, 5.41) is 12.9. The van der Waals surface area contributed by atoms with Crippen molar-refractivity contribution in [2.75, 3.05) is 0 Å². The maximum Gasteiger partial charge on any atom is 1.00 e. The summed E-state index contributed by atoms with van der Waals surface area (Å²) in [6.45, 7) is 0. The number of benzene rings is 2. The number of nitriles is 1. The van der Waals surface area contributed by atoms with Crippen LogP contribution in [0.25, 0.3) is 27.5 Å². The fourth-order valence-corrected chi connectivity index (χ4v) is 3.13. The van der Waals surface area contributed by atoms with Crippen LogP contribution in [0, 0.1) is 11.3 Å². The number of aromatic nitrogens is 2. The van der Waals surface area contributed by atoms with Crippen molar-refractivity contribution in [2.45, 2.75) is 5.03 Å². The molecule has 0 spiro atoms. The van der Waals surface area contributed by atoms with E-state index >= 15 is 0 Å². The zero-order chi connectivity index (χ0) is 15.1. The standard InChI is InChI=1S/C18H11N3S.Na/c19-11-13-7-8-16(15-6-2-1-5-14(13)15)21-17(22)10-12-4-3-9-20-18(12)21;/h1-10,22H;/q;+1/p-1. The molecular weight excluding hydrogens is 313 g/mol. The predicted octanol–water partition coefficient (Wildman–Crippen LogP) is 0.960. The molecule has 4 aromatic rings. The Morgan fingerprint density at radius 1 is 1.00 bits per heavy atom. The third-order valence-electron chi connectivity index (χ3n) is 3.79. The molecule has 104 valence electrons. The topological polar surface area (TPSA) is 41.6 Å². The van der Waals surface area contributed by atoms with Crippen LogP contribution in [0.2, 0.25) is 0 Å². The second-order valence-electron chi connectivity index (χ2n) is 5.02. The first-order valence-corrected chi connectivity index (χ1v) is 7.26. The van der Waals surface area contributed by atoms with Gasteiger partial charge >= 0.3 is 29.6 Å². The number of hydrogen-bond acceptors (Lipinski definition) is 3. The quantitative estimate of drug-likeness (QED) is 0.387. The SMILES string of the molecule is N#Cc1ccc(-n2c([S-])cc3cccnc32)c2ccccc12.[Na+]. The summed E-state index contributed by atoms with van der Waals surface area (Å²) in [6, 6.07) is 19.7. The summed E-state index contributed by atoms with van der Waals surface area (Å²) in [7, 11) is 0. The van der Waals surface area contributed by atoms with Crippen LogP contribution in [-0.4, -0.2) is 9.55 Å². The van der Waals surface area contributed by atoms with Gasteiger partial charge in [0, 0.05) is 22.4 Å². The van der Waals surface area contributed by atoms with Crippen molar-refractivity contribution in [3.05, 3.63) is 66.4 Å². The molecule has 0 amide bonds. The van der Waals surface area contributed by atoms with E-state index in [1.54, 1.807) is 6.20 Å². The van der Waals surface area contributed by atoms with Gasteiger partial charge in [-0.2, -0.15) is 5.26 Å². The van der Waals surface area contributed by atoms with Crippen molar-refractivity contribution in [2.24, 2.45) is 0 Å². The van der Waals surface area contributed by atoms with Crippen LogP contribution in [0.5, 0.6) is 0 Å². The largest absolute Gasteiger partial charge is 1.00 e. The van der Waals surface area contributed by atoms with Crippen molar-refractivity contribution in [1.82, 2.24) is 9.55 Å². The summed E-state index contributed by atoms with van der Waals surface area (Å²) in [6.07, 6.45) is 1.76. The number of nitrogens with zero attached hydrogens (tertiary/aromatic N) is 3. The average molecular weight is 323 g/mol. The number of fused-ring (bicyclic) bond motifs is 2. The zero-order valence-corrected chi connectivity index (χ0v) is 15.3. The summed E-state index contributed by atoms with van der Waals surface area (Å²) < 4.78 is 1.97. The molecule has 4 rings (SSSR count). The first-order valence-electron chi connectivity index (χ1n) is 6.85. The molecule has 5 heteroatoms. The molecule has 0 aliphatic heterocycles. The molecule has 0 radical (unpaired) electrons. The molecule has 0 saturated heterocycles. The molecule has 0 aliphatic rings. The van der Waals surface area contributed by atoms with Crippen LogP contribution in [0.3, 0.4) is 0 Å². The number of rotatable bonds is 1. The molecule has 2 aromatic carbocycles. The minimum absolute atomic E-state index is 0. The molecule has 0 aliphatic carbocycles. The van der Waals surface area contributed by atoms with Crippen LogP contribution in [0.15, 0.2) is 65.8 Å². The fourth-order valence-electron chi connectivity index (χ4n) is 2.82. The first kappa shape index (κ1) is 16.0. The molecule has 0 N–H and O–H groups in total. The number of hydrogen-bond donors (Lipinski definition) is 0. The molecule has 23 heavy (non-hydrogen) atoms. The third-order valence-corrected chi connectivity index (χ3v) is 4.09. The van der Waals surface area contributed by atoms with E-state index in [-0.39, 0.29) is 29.6 Å². The van der Waals surface area contributed by atoms with E-state index < -0.39 is 0 Å². The summed E-state index contributed by atoms with van der Waals surface area (Å²) in [5.74, 6) is 0. The van der Waals surface area contributed by atoms with E-state index in [0.717, 1.165) is 27.5 Å². The van der Waals surface area contributed by atoms with Crippen LogP contribution in [0.1, 0.15) is 5.56 Å². The van der Waals surface area contributed by atoms with Crippen LogP contribution < -0.4 is 29.6 Å². The molecule has 0 atom stereocenters. The molecule has 0 unspecified atom stereocenters. The van der Waals surface area contributed by atoms with E-state index in [9.17, 15) is 5.26 Å². The van der Waals surface area contributed by atoms with Crippen LogP contribution in [-0.2, 0) is 12.6 Å². The number of pyridine rings is 1. The fraction of sp³-hybridized carbons (Fsp3) is 0. The van der Waals surface area contributed by atoms with Gasteiger partial charge in [-0.3, -0.25) is 0 Å². The van der Waals surface area contributed by atoms with Crippen molar-refractivity contribution >= 4 is 34.4 Å². The van der Waals surface area contributed by atoms with Gasteiger partial charge in [-0.25, -0.2) is 4.98 Å². The van der Waals surface area contributed by atoms with Gasteiger partial charge in [-0.1, -0.05) is 35.4 Å². The van der Waals surface area contributed by atoms with E-state index in [4.69, 9.17) is 12.6 Å². The molecule has 0 saturated carbocycles. The van der Waals surface area contributed by atoms with Gasteiger partial charge < -0.3 is 17.2 Å². The Kier molecular flexibility index (Phi) is 4.38. The monoisotopic (exact) mass is 323 g/mol. The van der Waals surface area contributed by atoms with Gasteiger partial charge in [0.05, 0.1) is 17.3 Å². The van der Waals surface area contributed by atoms with E-state index in [0.29, 0.717) is 10.6 Å². The summed E-state index contributed by atoms with van der Waals surface area (Å²) in [4.78, 5) is 4.46. The predicted molar refractivity (Wildman–Crippen MR) is 88.9 cm³/mol. The molecule has 0 fully saturated rings. The second kappa shape index (κ2) is 6.31. The maximum absolute atomic E-state index is 9.29. The minimum Gasteiger partial charge on any atom is -0.762 e. The summed E-state index contributed by atoms with van der Waals surface area (Å²) >= 11 is 5.52. The molecular formula is C18H10N3NaS. The molecule has 0 bridgehead atoms. The Morgan fingerprint density at radius 2 is 1.78 bits per heavy atom. The minimum atomic E-state index is 0. The second-order valence-corrected chi connectivity index (χ2v) is 5.44. The normalized spacial score (nSPS) is 10.4. The van der Waals surface area contributed by atoms with Crippen molar-refractivity contribution in [3.63, 3.8) is 0 Å². The summed E-state index contributed by atoms with van der Waals surface area (Å²) in [5.41, 5.74) is 2.45. The zero-order valence-electron chi connectivity index (χ0n) is 12.5. The van der Waals surface area contributed by atoms with E-state index in [1.807, 2.05) is 59.2 Å². The van der Waals surface area contributed by atoms with Gasteiger partial charge in [0.1, 0.15) is 5.65 Å². The Balaban J connectivity index is 0.00000156. The van der Waals surface area contributed by atoms with E-state index in [2.05, 4.69) is 11.1 Å². The van der Waals surface area contributed by atoms with Crippen LogP contribution >= 0.6 is 0 Å². The third kappa shape index (κ3) is 2.52. The molecule has 2 heterocycles.